The van der Waals surface area contributed by atoms with E-state index in [9.17, 15) is 9.59 Å². The number of imide groups is 1. The molecule has 0 bridgehead atoms. The van der Waals surface area contributed by atoms with Crippen LogP contribution in [0.2, 0.25) is 0 Å². The zero-order chi connectivity index (χ0) is 18.2. The SMILES string of the molecule is O=C(CCSc1n[nH]c(/C=C/c2cccs2)n1)NC(=O)NC1CCCC1. The van der Waals surface area contributed by atoms with Crippen molar-refractivity contribution in [1.29, 1.82) is 0 Å². The summed E-state index contributed by atoms with van der Waals surface area (Å²) in [7, 11) is 0. The fourth-order valence-electron chi connectivity index (χ4n) is 2.66. The predicted molar refractivity (Wildman–Crippen MR) is 104 cm³/mol. The Bertz CT molecular complexity index is 751. The molecule has 2 heterocycles. The summed E-state index contributed by atoms with van der Waals surface area (Å²) in [6, 6.07) is 3.82. The maximum atomic E-state index is 11.8. The summed E-state index contributed by atoms with van der Waals surface area (Å²) < 4.78 is 0. The number of carbonyl (C=O) groups excluding carboxylic acids is 2. The maximum Gasteiger partial charge on any atom is 0.321 e. The molecule has 3 rings (SSSR count). The normalized spacial score (nSPS) is 14.8. The molecule has 1 saturated carbocycles. The summed E-state index contributed by atoms with van der Waals surface area (Å²) in [5, 5.41) is 14.8. The highest BCUT2D eigenvalue weighted by atomic mass is 32.2. The average molecular weight is 392 g/mol. The van der Waals surface area contributed by atoms with E-state index in [0.29, 0.717) is 16.7 Å². The van der Waals surface area contributed by atoms with E-state index in [4.69, 9.17) is 0 Å². The molecule has 2 aromatic rings. The summed E-state index contributed by atoms with van der Waals surface area (Å²) in [4.78, 5) is 29.0. The zero-order valence-electron chi connectivity index (χ0n) is 14.2. The fourth-order valence-corrected chi connectivity index (χ4v) is 4.02. The number of carbonyl (C=O) groups is 2. The summed E-state index contributed by atoms with van der Waals surface area (Å²) >= 11 is 3.02. The highest BCUT2D eigenvalue weighted by Crippen LogP contribution is 2.18. The highest BCUT2D eigenvalue weighted by molar-refractivity contribution is 7.99. The van der Waals surface area contributed by atoms with Crippen LogP contribution in [0.4, 0.5) is 4.79 Å². The summed E-state index contributed by atoms with van der Waals surface area (Å²) in [5.41, 5.74) is 0. The van der Waals surface area contributed by atoms with Crippen molar-refractivity contribution < 1.29 is 9.59 Å². The smallest absolute Gasteiger partial charge is 0.321 e. The lowest BCUT2D eigenvalue weighted by atomic mass is 10.2. The molecule has 7 nitrogen and oxygen atoms in total. The molecule has 26 heavy (non-hydrogen) atoms. The number of H-pyrrole nitrogens is 1. The minimum Gasteiger partial charge on any atom is -0.335 e. The molecule has 0 spiro atoms. The molecular weight excluding hydrogens is 370 g/mol. The van der Waals surface area contributed by atoms with E-state index in [1.807, 2.05) is 29.7 Å². The molecule has 0 aromatic carbocycles. The first-order valence-corrected chi connectivity index (χ1v) is 10.4. The number of hydrogen-bond acceptors (Lipinski definition) is 6. The van der Waals surface area contributed by atoms with Gasteiger partial charge in [-0.25, -0.2) is 9.78 Å². The molecule has 138 valence electrons. The Morgan fingerprint density at radius 2 is 2.19 bits per heavy atom. The standard InChI is InChI=1S/C17H21N5O2S2/c23-15(20-16(24)18-12-4-1-2-5-12)9-11-26-17-19-14(21-22-17)8-7-13-6-3-10-25-13/h3,6-8,10,12H,1-2,4-5,9,11H2,(H,19,21,22)(H2,18,20,23,24)/b8-7+. The van der Waals surface area contributed by atoms with Crippen LogP contribution in [0.3, 0.4) is 0 Å². The van der Waals surface area contributed by atoms with Crippen molar-refractivity contribution in [3.05, 3.63) is 28.2 Å². The Morgan fingerprint density at radius 3 is 2.96 bits per heavy atom. The van der Waals surface area contributed by atoms with Crippen molar-refractivity contribution in [3.63, 3.8) is 0 Å². The van der Waals surface area contributed by atoms with Crippen LogP contribution in [0.25, 0.3) is 12.2 Å². The lowest BCUT2D eigenvalue weighted by Gasteiger charge is -2.11. The van der Waals surface area contributed by atoms with Gasteiger partial charge in [-0.2, -0.15) is 0 Å². The monoisotopic (exact) mass is 391 g/mol. The average Bonchev–Trinajstić information content (AvgIpc) is 3.36. The molecular formula is C17H21N5O2S2. The van der Waals surface area contributed by atoms with Gasteiger partial charge in [0.05, 0.1) is 0 Å². The van der Waals surface area contributed by atoms with Crippen molar-refractivity contribution in [2.24, 2.45) is 0 Å². The van der Waals surface area contributed by atoms with Crippen molar-refractivity contribution in [3.8, 4) is 0 Å². The third kappa shape index (κ3) is 5.99. The largest absolute Gasteiger partial charge is 0.335 e. The molecule has 1 fully saturated rings. The van der Waals surface area contributed by atoms with Crippen molar-refractivity contribution in [1.82, 2.24) is 25.8 Å². The molecule has 0 saturated heterocycles. The second kappa shape index (κ2) is 9.54. The van der Waals surface area contributed by atoms with Crippen LogP contribution in [0.5, 0.6) is 0 Å². The molecule has 3 amide bonds. The molecule has 0 aliphatic heterocycles. The Labute approximate surface area is 160 Å². The minimum atomic E-state index is -0.397. The van der Waals surface area contributed by atoms with E-state index < -0.39 is 6.03 Å². The number of amides is 3. The molecule has 9 heteroatoms. The second-order valence-electron chi connectivity index (χ2n) is 5.95. The number of aromatic nitrogens is 3. The molecule has 3 N–H and O–H groups in total. The predicted octanol–water partition coefficient (Wildman–Crippen LogP) is 3.29. The van der Waals surface area contributed by atoms with Gasteiger partial charge in [-0.1, -0.05) is 30.7 Å². The van der Waals surface area contributed by atoms with Crippen LogP contribution in [0, 0.1) is 0 Å². The van der Waals surface area contributed by atoms with Gasteiger partial charge in [0.1, 0.15) is 5.82 Å². The first-order valence-electron chi connectivity index (χ1n) is 8.56. The van der Waals surface area contributed by atoms with Crippen LogP contribution in [-0.2, 0) is 4.79 Å². The number of nitrogens with one attached hydrogen (secondary N) is 3. The number of thiophene rings is 1. The van der Waals surface area contributed by atoms with Gasteiger partial charge < -0.3 is 5.32 Å². The van der Waals surface area contributed by atoms with Crippen molar-refractivity contribution >= 4 is 47.2 Å². The van der Waals surface area contributed by atoms with E-state index in [2.05, 4.69) is 25.8 Å². The Hall–Kier alpha value is -2.13. The number of rotatable bonds is 7. The molecule has 1 aliphatic carbocycles. The summed E-state index contributed by atoms with van der Waals surface area (Å²) in [6.07, 6.45) is 8.32. The summed E-state index contributed by atoms with van der Waals surface area (Å²) in [6.45, 7) is 0. The Morgan fingerprint density at radius 1 is 1.35 bits per heavy atom. The number of hydrogen-bond donors (Lipinski definition) is 3. The van der Waals surface area contributed by atoms with E-state index in [1.54, 1.807) is 11.3 Å². The number of nitrogens with zero attached hydrogens (tertiary/aromatic N) is 2. The van der Waals surface area contributed by atoms with E-state index in [1.165, 1.54) is 11.8 Å². The molecule has 0 unspecified atom stereocenters. The van der Waals surface area contributed by atoms with Gasteiger partial charge in [0, 0.05) is 23.1 Å². The van der Waals surface area contributed by atoms with Gasteiger partial charge in [-0.05, 0) is 36.4 Å². The van der Waals surface area contributed by atoms with Crippen LogP contribution >= 0.6 is 23.1 Å². The lowest BCUT2D eigenvalue weighted by molar-refractivity contribution is -0.119. The third-order valence-corrected chi connectivity index (χ3v) is 5.62. The van der Waals surface area contributed by atoms with Crippen LogP contribution in [-0.4, -0.2) is 38.9 Å². The minimum absolute atomic E-state index is 0.200. The molecule has 1 aliphatic rings. The molecule has 2 aromatic heterocycles. The number of aromatic amines is 1. The van der Waals surface area contributed by atoms with Gasteiger partial charge in [0.15, 0.2) is 0 Å². The van der Waals surface area contributed by atoms with Gasteiger partial charge in [0.25, 0.3) is 0 Å². The first kappa shape index (κ1) is 18.7. The van der Waals surface area contributed by atoms with E-state index in [-0.39, 0.29) is 18.4 Å². The summed E-state index contributed by atoms with van der Waals surface area (Å²) in [5.74, 6) is 0.886. The topological polar surface area (TPSA) is 99.8 Å². The quantitative estimate of drug-likeness (QED) is 0.629. The van der Waals surface area contributed by atoms with Crippen molar-refractivity contribution in [2.75, 3.05) is 5.75 Å². The van der Waals surface area contributed by atoms with Crippen LogP contribution < -0.4 is 10.6 Å². The van der Waals surface area contributed by atoms with Gasteiger partial charge in [0.2, 0.25) is 11.1 Å². The number of urea groups is 1. The molecule has 0 radical (unpaired) electrons. The highest BCUT2D eigenvalue weighted by Gasteiger charge is 2.18. The van der Waals surface area contributed by atoms with Crippen LogP contribution in [0.15, 0.2) is 22.7 Å². The van der Waals surface area contributed by atoms with E-state index >= 15 is 0 Å². The molecule has 0 atom stereocenters. The van der Waals surface area contributed by atoms with E-state index in [0.717, 1.165) is 30.6 Å². The van der Waals surface area contributed by atoms with Gasteiger partial charge >= 0.3 is 6.03 Å². The Balaban J connectivity index is 1.35. The number of thioether (sulfide) groups is 1. The maximum absolute atomic E-state index is 11.8. The second-order valence-corrected chi connectivity index (χ2v) is 7.99. The lowest BCUT2D eigenvalue weighted by Crippen LogP contribution is -2.43. The van der Waals surface area contributed by atoms with Gasteiger partial charge in [-0.15, -0.1) is 16.4 Å². The van der Waals surface area contributed by atoms with Crippen LogP contribution in [0.1, 0.15) is 42.8 Å². The zero-order valence-corrected chi connectivity index (χ0v) is 15.9. The fraction of sp³-hybridized carbons (Fsp3) is 0.412. The van der Waals surface area contributed by atoms with Crippen molar-refractivity contribution in [2.45, 2.75) is 43.3 Å². The van der Waals surface area contributed by atoms with Gasteiger partial charge in [-0.3, -0.25) is 15.2 Å². The first-order chi connectivity index (χ1) is 12.7. The Kier molecular flexibility index (Phi) is 6.84. The third-order valence-electron chi connectivity index (χ3n) is 3.93.